The monoisotopic (exact) mass is 470 g/mol. The normalized spacial score (nSPS) is 11.1. The molecule has 2 rings (SSSR count). The van der Waals surface area contributed by atoms with Crippen LogP contribution in [0.15, 0.2) is 35.6 Å². The Balaban J connectivity index is 0.00000338. The Morgan fingerprint density at radius 3 is 2.54 bits per heavy atom. The molecule has 1 aromatic heterocycles. The molecule has 0 amide bonds. The maximum atomic E-state index is 4.71. The molecular weight excluding hydrogens is 439 g/mol. The third-order valence-corrected chi connectivity index (χ3v) is 4.02. The Bertz CT molecular complexity index is 650. The molecule has 0 aliphatic heterocycles. The number of guanidine groups is 1. The summed E-state index contributed by atoms with van der Waals surface area (Å²) in [4.78, 5) is 4.71. The van der Waals surface area contributed by atoms with Crippen molar-refractivity contribution in [2.24, 2.45) is 4.99 Å². The number of aliphatic imine (C=N–C) groups is 1. The Morgan fingerprint density at radius 2 is 1.85 bits per heavy atom. The lowest BCUT2D eigenvalue weighted by atomic mass is 10.1. The Morgan fingerprint density at radius 1 is 1.12 bits per heavy atom. The topological polar surface area (TPSA) is 67.1 Å². The van der Waals surface area contributed by atoms with Gasteiger partial charge in [0.2, 0.25) is 0 Å². The summed E-state index contributed by atoms with van der Waals surface area (Å²) in [5.74, 6) is 1.87. The van der Waals surface area contributed by atoms with E-state index in [-0.39, 0.29) is 24.0 Å². The third kappa shape index (κ3) is 7.72. The van der Waals surface area contributed by atoms with Gasteiger partial charge in [-0.1, -0.05) is 50.1 Å². The lowest BCUT2D eigenvalue weighted by Gasteiger charge is -2.13. The zero-order chi connectivity index (χ0) is 17.9. The number of hydrogen-bond donors (Lipinski definition) is 2. The number of nitrogens with zero attached hydrogens (tertiary/aromatic N) is 4. The minimum absolute atomic E-state index is 0. The molecule has 0 saturated carbocycles. The van der Waals surface area contributed by atoms with Crippen LogP contribution in [0.3, 0.4) is 0 Å². The van der Waals surface area contributed by atoms with Crippen LogP contribution in [0.5, 0.6) is 0 Å². The van der Waals surface area contributed by atoms with E-state index in [4.69, 9.17) is 4.99 Å². The maximum Gasteiger partial charge on any atom is 0.191 e. The highest BCUT2D eigenvalue weighted by Crippen LogP contribution is 2.04. The summed E-state index contributed by atoms with van der Waals surface area (Å²) < 4.78 is 2.08. The first kappa shape index (κ1) is 22.4. The van der Waals surface area contributed by atoms with Crippen molar-refractivity contribution in [1.82, 2.24) is 25.4 Å². The van der Waals surface area contributed by atoms with E-state index >= 15 is 0 Å². The molecule has 1 heterocycles. The largest absolute Gasteiger partial charge is 0.356 e. The molecular formula is C19H31IN6. The van der Waals surface area contributed by atoms with Crippen molar-refractivity contribution in [3.8, 4) is 0 Å². The second-order valence-corrected chi connectivity index (χ2v) is 6.15. The lowest BCUT2D eigenvalue weighted by Crippen LogP contribution is -2.39. The molecule has 1 aromatic carbocycles. The van der Waals surface area contributed by atoms with Crippen LogP contribution in [-0.4, -0.2) is 33.8 Å². The van der Waals surface area contributed by atoms with E-state index in [9.17, 15) is 0 Å². The molecule has 7 heteroatoms. The summed E-state index contributed by atoms with van der Waals surface area (Å²) in [6.45, 7) is 9.61. The second-order valence-electron chi connectivity index (χ2n) is 6.15. The minimum atomic E-state index is 0. The van der Waals surface area contributed by atoms with E-state index in [1.165, 1.54) is 17.5 Å². The summed E-state index contributed by atoms with van der Waals surface area (Å²) in [7, 11) is 0. The van der Waals surface area contributed by atoms with Crippen LogP contribution in [0, 0.1) is 6.92 Å². The van der Waals surface area contributed by atoms with Gasteiger partial charge in [0.15, 0.2) is 5.96 Å². The smallest absolute Gasteiger partial charge is 0.191 e. The number of aryl methyl sites for hydroxylation is 2. The number of nitrogens with one attached hydrogen (secondary N) is 2. The highest BCUT2D eigenvalue weighted by atomic mass is 127. The number of benzene rings is 1. The maximum absolute atomic E-state index is 4.71. The van der Waals surface area contributed by atoms with Crippen LogP contribution in [0.1, 0.15) is 43.6 Å². The number of aromatic nitrogens is 3. The first-order chi connectivity index (χ1) is 12.2. The fraction of sp³-hybridized carbons (Fsp3) is 0.526. The third-order valence-electron chi connectivity index (χ3n) is 4.02. The Kier molecular flexibility index (Phi) is 10.9. The van der Waals surface area contributed by atoms with Crippen LogP contribution in [0.25, 0.3) is 0 Å². The summed E-state index contributed by atoms with van der Waals surface area (Å²) in [6, 6.07) is 8.52. The van der Waals surface area contributed by atoms with E-state index in [0.717, 1.165) is 44.3 Å². The molecule has 0 aliphatic carbocycles. The highest BCUT2D eigenvalue weighted by molar-refractivity contribution is 14.0. The molecule has 6 nitrogen and oxygen atoms in total. The highest BCUT2D eigenvalue weighted by Gasteiger charge is 2.03. The first-order valence-corrected chi connectivity index (χ1v) is 9.17. The van der Waals surface area contributed by atoms with Gasteiger partial charge in [-0.15, -0.1) is 34.2 Å². The molecule has 2 N–H and O–H groups in total. The first-order valence-electron chi connectivity index (χ1n) is 9.17. The number of rotatable bonds is 9. The van der Waals surface area contributed by atoms with E-state index in [0.29, 0.717) is 6.54 Å². The van der Waals surface area contributed by atoms with E-state index in [1.807, 2.05) is 0 Å². The number of unbranched alkanes of at least 4 members (excludes halogenated alkanes) is 1. The van der Waals surface area contributed by atoms with Gasteiger partial charge in [-0.05, 0) is 18.9 Å². The molecule has 2 aromatic rings. The van der Waals surface area contributed by atoms with Crippen molar-refractivity contribution in [1.29, 1.82) is 0 Å². The molecule has 0 atom stereocenters. The van der Waals surface area contributed by atoms with Gasteiger partial charge in [-0.3, -0.25) is 0 Å². The fourth-order valence-corrected chi connectivity index (χ4v) is 2.46. The van der Waals surface area contributed by atoms with Crippen molar-refractivity contribution in [3.05, 3.63) is 47.5 Å². The van der Waals surface area contributed by atoms with Crippen LogP contribution >= 0.6 is 24.0 Å². The fourth-order valence-electron chi connectivity index (χ4n) is 2.46. The van der Waals surface area contributed by atoms with Crippen LogP contribution in [0.4, 0.5) is 0 Å². The van der Waals surface area contributed by atoms with Gasteiger partial charge in [-0.2, -0.15) is 0 Å². The van der Waals surface area contributed by atoms with Gasteiger partial charge in [0.25, 0.3) is 0 Å². The summed E-state index contributed by atoms with van der Waals surface area (Å²) in [5, 5.41) is 14.9. The van der Waals surface area contributed by atoms with Gasteiger partial charge >= 0.3 is 0 Å². The SMILES string of the molecule is CCCCNC(=NCc1ccc(C)cc1)NCCn1cnnc1CC.I. The molecule has 0 fully saturated rings. The zero-order valence-electron chi connectivity index (χ0n) is 16.0. The van der Waals surface area contributed by atoms with Crippen molar-refractivity contribution in [2.45, 2.75) is 53.1 Å². The van der Waals surface area contributed by atoms with Gasteiger partial charge in [0.1, 0.15) is 12.2 Å². The second kappa shape index (κ2) is 12.7. The van der Waals surface area contributed by atoms with Crippen LogP contribution in [0.2, 0.25) is 0 Å². The number of halogens is 1. The molecule has 0 unspecified atom stereocenters. The van der Waals surface area contributed by atoms with Crippen molar-refractivity contribution in [3.63, 3.8) is 0 Å². The lowest BCUT2D eigenvalue weighted by molar-refractivity contribution is 0.628. The van der Waals surface area contributed by atoms with Crippen LogP contribution < -0.4 is 10.6 Å². The Hall–Kier alpha value is -1.64. The Labute approximate surface area is 173 Å². The molecule has 0 saturated heterocycles. The van der Waals surface area contributed by atoms with Gasteiger partial charge in [-0.25, -0.2) is 4.99 Å². The summed E-state index contributed by atoms with van der Waals surface area (Å²) in [6.07, 6.45) is 4.98. The quantitative estimate of drug-likeness (QED) is 0.256. The molecule has 0 bridgehead atoms. The van der Waals surface area contributed by atoms with Crippen molar-refractivity contribution < 1.29 is 0 Å². The van der Waals surface area contributed by atoms with Crippen LogP contribution in [-0.2, 0) is 19.5 Å². The van der Waals surface area contributed by atoms with Crippen molar-refractivity contribution in [2.75, 3.05) is 13.1 Å². The van der Waals surface area contributed by atoms with Crippen molar-refractivity contribution >= 4 is 29.9 Å². The van der Waals surface area contributed by atoms with E-state index in [2.05, 4.69) is 70.4 Å². The van der Waals surface area contributed by atoms with Gasteiger partial charge in [0, 0.05) is 26.1 Å². The van der Waals surface area contributed by atoms with Gasteiger partial charge < -0.3 is 15.2 Å². The predicted molar refractivity (Wildman–Crippen MR) is 118 cm³/mol. The minimum Gasteiger partial charge on any atom is -0.356 e. The predicted octanol–water partition coefficient (Wildman–Crippen LogP) is 3.30. The summed E-state index contributed by atoms with van der Waals surface area (Å²) in [5.41, 5.74) is 2.49. The zero-order valence-corrected chi connectivity index (χ0v) is 18.4. The number of hydrogen-bond acceptors (Lipinski definition) is 3. The molecule has 0 radical (unpaired) electrons. The van der Waals surface area contributed by atoms with E-state index in [1.54, 1.807) is 6.33 Å². The summed E-state index contributed by atoms with van der Waals surface area (Å²) >= 11 is 0. The standard InChI is InChI=1S/C19H30N6.HI/c1-4-6-11-20-19(22-14-17-9-7-16(3)8-10-17)21-12-13-25-15-23-24-18(25)5-2;/h7-10,15H,4-6,11-14H2,1-3H3,(H2,20,21,22);1H. The molecule has 26 heavy (non-hydrogen) atoms. The molecule has 0 aliphatic rings. The molecule has 144 valence electrons. The molecule has 0 spiro atoms. The average molecular weight is 470 g/mol. The van der Waals surface area contributed by atoms with Gasteiger partial charge in [0.05, 0.1) is 6.54 Å². The van der Waals surface area contributed by atoms with E-state index < -0.39 is 0 Å². The average Bonchev–Trinajstić information content (AvgIpc) is 3.08.